The number of hydrogen-bond acceptors (Lipinski definition) is 5. The number of aromatic nitrogens is 2. The van der Waals surface area contributed by atoms with Crippen LogP contribution in [0.2, 0.25) is 0 Å². The van der Waals surface area contributed by atoms with E-state index in [1.54, 1.807) is 15.7 Å². The molecule has 1 aliphatic rings. The second-order valence-corrected chi connectivity index (χ2v) is 9.14. The fraction of sp³-hybridized carbons (Fsp3) is 0.368. The maximum absolute atomic E-state index is 11.7. The van der Waals surface area contributed by atoms with Gasteiger partial charge in [-0.1, -0.05) is 0 Å². The molecule has 0 saturated carbocycles. The summed E-state index contributed by atoms with van der Waals surface area (Å²) in [4.78, 5) is 18.1. The van der Waals surface area contributed by atoms with Crippen LogP contribution in [0, 0.1) is 6.92 Å². The van der Waals surface area contributed by atoms with Crippen LogP contribution in [-0.4, -0.2) is 33.6 Å². The fourth-order valence-corrected chi connectivity index (χ4v) is 4.22. The highest BCUT2D eigenvalue weighted by Crippen LogP contribution is 2.38. The lowest BCUT2D eigenvalue weighted by molar-refractivity contribution is 0.00578. The Morgan fingerprint density at radius 1 is 1.22 bits per heavy atom. The van der Waals surface area contributed by atoms with Crippen molar-refractivity contribution in [3.8, 4) is 10.4 Å². The molecule has 1 saturated heterocycles. The molecule has 27 heavy (non-hydrogen) atoms. The normalized spacial score (nSPS) is 18.3. The number of thiophene rings is 1. The van der Waals surface area contributed by atoms with E-state index in [9.17, 15) is 4.79 Å². The minimum Gasteiger partial charge on any atom is -0.399 e. The number of imidazole rings is 1. The smallest absolute Gasteiger partial charge is 0.399 e. The molecule has 0 atom stereocenters. The zero-order valence-electron chi connectivity index (χ0n) is 16.1. The molecule has 0 aliphatic carbocycles. The Morgan fingerprint density at radius 2 is 1.89 bits per heavy atom. The SMILES string of the molecule is Cc1cc(B2OC(C)(C)C(C)(C)O2)c(-c2ccc3ncc(C(N)=O)n3c2)s1. The van der Waals surface area contributed by atoms with Crippen molar-refractivity contribution < 1.29 is 14.1 Å². The molecule has 3 aromatic rings. The van der Waals surface area contributed by atoms with Gasteiger partial charge in [-0.15, -0.1) is 11.3 Å². The van der Waals surface area contributed by atoms with E-state index in [0.717, 1.165) is 20.8 Å². The number of fused-ring (bicyclic) bond motifs is 1. The first-order valence-electron chi connectivity index (χ1n) is 8.82. The topological polar surface area (TPSA) is 78.8 Å². The summed E-state index contributed by atoms with van der Waals surface area (Å²) in [6, 6.07) is 5.98. The molecule has 1 amide bonds. The van der Waals surface area contributed by atoms with E-state index in [2.05, 4.69) is 18.0 Å². The van der Waals surface area contributed by atoms with Gasteiger partial charge in [0, 0.05) is 27.0 Å². The van der Waals surface area contributed by atoms with Gasteiger partial charge < -0.3 is 15.0 Å². The molecule has 0 spiro atoms. The molecule has 8 heteroatoms. The van der Waals surface area contributed by atoms with E-state index in [1.807, 2.05) is 46.0 Å². The van der Waals surface area contributed by atoms with Crippen LogP contribution in [0.3, 0.4) is 0 Å². The average Bonchev–Trinajstić information content (AvgIpc) is 3.21. The lowest BCUT2D eigenvalue weighted by atomic mass is 9.78. The quantitative estimate of drug-likeness (QED) is 0.706. The van der Waals surface area contributed by atoms with Crippen molar-refractivity contribution >= 4 is 35.5 Å². The predicted molar refractivity (Wildman–Crippen MR) is 107 cm³/mol. The Hall–Kier alpha value is -2.16. The lowest BCUT2D eigenvalue weighted by Crippen LogP contribution is -2.41. The van der Waals surface area contributed by atoms with E-state index >= 15 is 0 Å². The third-order valence-electron chi connectivity index (χ3n) is 5.41. The van der Waals surface area contributed by atoms with Crippen LogP contribution in [0.5, 0.6) is 0 Å². The number of nitrogens with two attached hydrogens (primary N) is 1. The molecule has 3 aromatic heterocycles. The van der Waals surface area contributed by atoms with Crippen LogP contribution in [0.15, 0.2) is 30.6 Å². The van der Waals surface area contributed by atoms with Crippen LogP contribution in [0.1, 0.15) is 43.1 Å². The molecule has 0 bridgehead atoms. The number of carbonyl (C=O) groups excluding carboxylic acids is 1. The molecule has 1 fully saturated rings. The van der Waals surface area contributed by atoms with Gasteiger partial charge in [0.05, 0.1) is 17.4 Å². The fourth-order valence-electron chi connectivity index (χ4n) is 3.20. The number of hydrogen-bond donors (Lipinski definition) is 1. The van der Waals surface area contributed by atoms with Gasteiger partial charge in [-0.25, -0.2) is 4.98 Å². The largest absolute Gasteiger partial charge is 0.496 e. The van der Waals surface area contributed by atoms with Crippen molar-refractivity contribution in [2.45, 2.75) is 45.8 Å². The first-order valence-corrected chi connectivity index (χ1v) is 9.64. The van der Waals surface area contributed by atoms with Gasteiger partial charge in [-0.05, 0) is 52.8 Å². The molecule has 4 heterocycles. The van der Waals surface area contributed by atoms with Crippen LogP contribution >= 0.6 is 11.3 Å². The molecular formula is C19H22BN3O3S. The van der Waals surface area contributed by atoms with E-state index in [0.29, 0.717) is 11.3 Å². The third kappa shape index (κ3) is 2.88. The summed E-state index contributed by atoms with van der Waals surface area (Å²) in [6.45, 7) is 10.2. The van der Waals surface area contributed by atoms with E-state index in [1.165, 1.54) is 6.20 Å². The van der Waals surface area contributed by atoms with Crippen molar-refractivity contribution in [1.29, 1.82) is 0 Å². The standard InChI is InChI=1S/C19H22BN3O3S/c1-11-8-13(20-25-18(2,3)19(4,5)26-20)16(27-11)12-6-7-15-22-9-14(17(21)24)23(15)10-12/h6-10H,1-5H3,(H2,21,24). The lowest BCUT2D eigenvalue weighted by Gasteiger charge is -2.32. The molecule has 6 nitrogen and oxygen atoms in total. The molecular weight excluding hydrogens is 361 g/mol. The molecule has 1 aliphatic heterocycles. The summed E-state index contributed by atoms with van der Waals surface area (Å²) < 4.78 is 14.2. The van der Waals surface area contributed by atoms with E-state index < -0.39 is 24.2 Å². The Balaban J connectivity index is 1.81. The Morgan fingerprint density at radius 3 is 2.52 bits per heavy atom. The number of carbonyl (C=O) groups is 1. The first kappa shape index (κ1) is 18.2. The summed E-state index contributed by atoms with van der Waals surface area (Å²) >= 11 is 1.67. The van der Waals surface area contributed by atoms with Crippen molar-refractivity contribution in [3.05, 3.63) is 41.2 Å². The number of rotatable bonds is 3. The Bertz CT molecular complexity index is 1040. The minimum absolute atomic E-state index is 0.359. The number of primary amides is 1. The van der Waals surface area contributed by atoms with Crippen molar-refractivity contribution in [2.75, 3.05) is 0 Å². The highest BCUT2D eigenvalue weighted by atomic mass is 32.1. The second-order valence-electron chi connectivity index (χ2n) is 7.88. The summed E-state index contributed by atoms with van der Waals surface area (Å²) in [5.74, 6) is -0.506. The Labute approximate surface area is 162 Å². The summed E-state index contributed by atoms with van der Waals surface area (Å²) in [5, 5.41) is 0. The summed E-state index contributed by atoms with van der Waals surface area (Å²) in [5.41, 5.74) is 7.66. The molecule has 140 valence electrons. The van der Waals surface area contributed by atoms with E-state index in [4.69, 9.17) is 15.0 Å². The molecule has 0 unspecified atom stereocenters. The minimum atomic E-state index is -0.506. The number of nitrogens with zero attached hydrogens (tertiary/aromatic N) is 2. The van der Waals surface area contributed by atoms with Crippen LogP contribution in [0.4, 0.5) is 0 Å². The zero-order chi connectivity index (χ0) is 19.6. The maximum Gasteiger partial charge on any atom is 0.496 e. The van der Waals surface area contributed by atoms with Crippen molar-refractivity contribution in [2.24, 2.45) is 5.73 Å². The van der Waals surface area contributed by atoms with Gasteiger partial charge in [0.2, 0.25) is 0 Å². The van der Waals surface area contributed by atoms with Gasteiger partial charge in [0.25, 0.3) is 5.91 Å². The van der Waals surface area contributed by atoms with Crippen LogP contribution in [-0.2, 0) is 9.31 Å². The van der Waals surface area contributed by atoms with Gasteiger partial charge in [0.15, 0.2) is 0 Å². The van der Waals surface area contributed by atoms with Gasteiger partial charge >= 0.3 is 7.12 Å². The zero-order valence-corrected chi connectivity index (χ0v) is 16.9. The first-order chi connectivity index (χ1) is 12.6. The van der Waals surface area contributed by atoms with Gasteiger partial charge in [-0.3, -0.25) is 9.20 Å². The highest BCUT2D eigenvalue weighted by Gasteiger charge is 2.52. The second kappa shape index (κ2) is 5.92. The van der Waals surface area contributed by atoms with Crippen molar-refractivity contribution in [1.82, 2.24) is 9.38 Å². The van der Waals surface area contributed by atoms with E-state index in [-0.39, 0.29) is 0 Å². The van der Waals surface area contributed by atoms with Crippen LogP contribution < -0.4 is 11.2 Å². The number of pyridine rings is 1. The molecule has 2 N–H and O–H groups in total. The Kier molecular flexibility index (Phi) is 4.00. The summed E-state index contributed by atoms with van der Waals surface area (Å²) in [6.07, 6.45) is 3.39. The molecule has 0 aromatic carbocycles. The number of amides is 1. The van der Waals surface area contributed by atoms with Crippen molar-refractivity contribution in [3.63, 3.8) is 0 Å². The van der Waals surface area contributed by atoms with Gasteiger partial charge in [0.1, 0.15) is 11.3 Å². The van der Waals surface area contributed by atoms with Gasteiger partial charge in [-0.2, -0.15) is 0 Å². The number of aryl methyl sites for hydroxylation is 1. The third-order valence-corrected chi connectivity index (χ3v) is 6.53. The maximum atomic E-state index is 11.7. The molecule has 0 radical (unpaired) electrons. The average molecular weight is 383 g/mol. The molecule has 4 rings (SSSR count). The highest BCUT2D eigenvalue weighted by molar-refractivity contribution is 7.17. The monoisotopic (exact) mass is 383 g/mol. The predicted octanol–water partition coefficient (Wildman–Crippen LogP) is 2.77. The summed E-state index contributed by atoms with van der Waals surface area (Å²) in [7, 11) is -0.441. The van der Waals surface area contributed by atoms with Crippen LogP contribution in [0.25, 0.3) is 16.1 Å².